The minimum Gasteiger partial charge on any atom is -0.508 e. The summed E-state index contributed by atoms with van der Waals surface area (Å²) in [5.41, 5.74) is 2.51. The molecule has 0 aliphatic carbocycles. The SMILES string of the molecule is O=S(=O)(c1ccc(Nc2ncc(/C=C/c3ccc(O)cc3)cn2)cc1)C1CCNCC1. The van der Waals surface area contributed by atoms with E-state index >= 15 is 0 Å². The van der Waals surface area contributed by atoms with Crippen LogP contribution < -0.4 is 10.6 Å². The molecule has 2 aromatic carbocycles. The first-order valence-electron chi connectivity index (χ1n) is 10.1. The fourth-order valence-corrected chi connectivity index (χ4v) is 5.18. The van der Waals surface area contributed by atoms with Crippen LogP contribution in [-0.4, -0.2) is 41.8 Å². The van der Waals surface area contributed by atoms with Gasteiger partial charge in [-0.2, -0.15) is 0 Å². The molecule has 1 aliphatic rings. The van der Waals surface area contributed by atoms with Crippen molar-refractivity contribution in [3.63, 3.8) is 0 Å². The van der Waals surface area contributed by atoms with Crippen LogP contribution in [0.4, 0.5) is 11.6 Å². The number of aromatic hydroxyl groups is 1. The number of hydrogen-bond acceptors (Lipinski definition) is 7. The van der Waals surface area contributed by atoms with Gasteiger partial charge in [-0.3, -0.25) is 0 Å². The summed E-state index contributed by atoms with van der Waals surface area (Å²) >= 11 is 0. The number of nitrogens with one attached hydrogen (secondary N) is 2. The molecule has 0 saturated carbocycles. The van der Waals surface area contributed by atoms with E-state index in [9.17, 15) is 13.5 Å². The maximum atomic E-state index is 12.8. The fraction of sp³-hybridized carbons (Fsp3) is 0.217. The molecule has 0 unspecified atom stereocenters. The van der Waals surface area contributed by atoms with Crippen LogP contribution in [-0.2, 0) is 9.84 Å². The summed E-state index contributed by atoms with van der Waals surface area (Å²) in [4.78, 5) is 8.96. The lowest BCUT2D eigenvalue weighted by Gasteiger charge is -2.22. The molecular weight excluding hydrogens is 412 g/mol. The van der Waals surface area contributed by atoms with Crippen LogP contribution >= 0.6 is 0 Å². The summed E-state index contributed by atoms with van der Waals surface area (Å²) in [6.45, 7) is 1.47. The monoisotopic (exact) mass is 436 g/mol. The van der Waals surface area contributed by atoms with Crippen LogP contribution in [0, 0.1) is 0 Å². The van der Waals surface area contributed by atoms with Gasteiger partial charge in [0.1, 0.15) is 5.75 Å². The van der Waals surface area contributed by atoms with Gasteiger partial charge in [0, 0.05) is 23.6 Å². The Labute approximate surface area is 181 Å². The number of sulfone groups is 1. The van der Waals surface area contributed by atoms with Crippen LogP contribution in [0.2, 0.25) is 0 Å². The molecule has 2 heterocycles. The van der Waals surface area contributed by atoms with Gasteiger partial charge in [0.05, 0.1) is 10.1 Å². The molecule has 3 N–H and O–H groups in total. The predicted molar refractivity (Wildman–Crippen MR) is 122 cm³/mol. The van der Waals surface area contributed by atoms with Crippen molar-refractivity contribution >= 4 is 33.6 Å². The summed E-state index contributed by atoms with van der Waals surface area (Å²) < 4.78 is 25.6. The Morgan fingerprint density at radius 1 is 0.903 bits per heavy atom. The third kappa shape index (κ3) is 5.28. The Hall–Kier alpha value is -3.23. The third-order valence-corrected chi connectivity index (χ3v) is 7.48. The number of rotatable bonds is 6. The van der Waals surface area contributed by atoms with Crippen molar-refractivity contribution in [3.05, 3.63) is 72.1 Å². The highest BCUT2D eigenvalue weighted by Gasteiger charge is 2.28. The Kier molecular flexibility index (Phi) is 6.29. The van der Waals surface area contributed by atoms with Crippen molar-refractivity contribution in [2.45, 2.75) is 23.0 Å². The first-order chi connectivity index (χ1) is 15.0. The van der Waals surface area contributed by atoms with E-state index < -0.39 is 9.84 Å². The summed E-state index contributed by atoms with van der Waals surface area (Å²) in [6, 6.07) is 13.6. The zero-order chi connectivity index (χ0) is 21.7. The fourth-order valence-electron chi connectivity index (χ4n) is 3.42. The highest BCUT2D eigenvalue weighted by molar-refractivity contribution is 7.92. The average molecular weight is 437 g/mol. The van der Waals surface area contributed by atoms with Crippen LogP contribution in [0.1, 0.15) is 24.0 Å². The molecule has 31 heavy (non-hydrogen) atoms. The zero-order valence-corrected chi connectivity index (χ0v) is 17.7. The molecule has 4 rings (SSSR count). The van der Waals surface area contributed by atoms with E-state index in [-0.39, 0.29) is 11.0 Å². The van der Waals surface area contributed by atoms with Gasteiger partial charge >= 0.3 is 0 Å². The number of aromatic nitrogens is 2. The molecule has 0 radical (unpaired) electrons. The van der Waals surface area contributed by atoms with Gasteiger partial charge in [-0.25, -0.2) is 18.4 Å². The minimum absolute atomic E-state index is 0.229. The van der Waals surface area contributed by atoms with Crippen molar-refractivity contribution in [3.8, 4) is 5.75 Å². The van der Waals surface area contributed by atoms with E-state index in [2.05, 4.69) is 20.6 Å². The number of nitrogens with zero attached hydrogens (tertiary/aromatic N) is 2. The Balaban J connectivity index is 1.39. The Bertz CT molecular complexity index is 1140. The Morgan fingerprint density at radius 3 is 2.16 bits per heavy atom. The number of anilines is 2. The van der Waals surface area contributed by atoms with Crippen LogP contribution in [0.25, 0.3) is 12.2 Å². The first kappa shape index (κ1) is 21.0. The smallest absolute Gasteiger partial charge is 0.227 e. The number of benzene rings is 2. The van der Waals surface area contributed by atoms with Crippen molar-refractivity contribution < 1.29 is 13.5 Å². The van der Waals surface area contributed by atoms with Gasteiger partial charge in [0.25, 0.3) is 0 Å². The average Bonchev–Trinajstić information content (AvgIpc) is 2.81. The molecular formula is C23H24N4O3S. The second-order valence-corrected chi connectivity index (χ2v) is 9.64. The summed E-state index contributed by atoms with van der Waals surface area (Å²) in [7, 11) is -3.31. The highest BCUT2D eigenvalue weighted by Crippen LogP contribution is 2.24. The molecule has 0 atom stereocenters. The molecule has 0 bridgehead atoms. The van der Waals surface area contributed by atoms with Gasteiger partial charge in [-0.05, 0) is 67.9 Å². The topological polar surface area (TPSA) is 104 Å². The molecule has 3 aromatic rings. The van der Waals surface area contributed by atoms with Crippen LogP contribution in [0.15, 0.2) is 65.8 Å². The van der Waals surface area contributed by atoms with E-state index in [0.29, 0.717) is 23.7 Å². The number of phenolic OH excluding ortho intramolecular Hbond substituents is 1. The van der Waals surface area contributed by atoms with Crippen molar-refractivity contribution in [2.75, 3.05) is 18.4 Å². The van der Waals surface area contributed by atoms with E-state index in [1.54, 1.807) is 48.8 Å². The standard InChI is InChI=1S/C23H24N4O3S/c28-20-7-3-17(4-8-20)1-2-18-15-25-23(26-16-18)27-19-5-9-21(10-6-19)31(29,30)22-11-13-24-14-12-22/h1-10,15-16,22,24,28H,11-14H2,(H,25,26,27)/b2-1+. The number of piperidine rings is 1. The third-order valence-electron chi connectivity index (χ3n) is 5.20. The second-order valence-electron chi connectivity index (χ2n) is 7.41. The van der Waals surface area contributed by atoms with Gasteiger partial charge in [-0.1, -0.05) is 24.3 Å². The lowest BCUT2D eigenvalue weighted by atomic mass is 10.2. The minimum atomic E-state index is -3.31. The largest absolute Gasteiger partial charge is 0.508 e. The number of phenols is 1. The van der Waals surface area contributed by atoms with Crippen molar-refractivity contribution in [1.82, 2.24) is 15.3 Å². The van der Waals surface area contributed by atoms with Gasteiger partial charge in [0.2, 0.25) is 5.95 Å². The van der Waals surface area contributed by atoms with Gasteiger partial charge < -0.3 is 15.7 Å². The quantitative estimate of drug-likeness (QED) is 0.542. The lowest BCUT2D eigenvalue weighted by molar-refractivity contribution is 0.475. The predicted octanol–water partition coefficient (Wildman–Crippen LogP) is 3.62. The molecule has 7 nitrogen and oxygen atoms in total. The van der Waals surface area contributed by atoms with E-state index in [0.717, 1.165) is 29.9 Å². The molecule has 0 spiro atoms. The molecule has 1 saturated heterocycles. The van der Waals surface area contributed by atoms with Crippen molar-refractivity contribution in [1.29, 1.82) is 0 Å². The zero-order valence-electron chi connectivity index (χ0n) is 16.9. The summed E-state index contributed by atoms with van der Waals surface area (Å²) in [6.07, 6.45) is 8.47. The highest BCUT2D eigenvalue weighted by atomic mass is 32.2. The summed E-state index contributed by atoms with van der Waals surface area (Å²) in [5.74, 6) is 0.656. The van der Waals surface area contributed by atoms with Crippen LogP contribution in [0.3, 0.4) is 0 Å². The maximum Gasteiger partial charge on any atom is 0.227 e. The number of hydrogen-bond donors (Lipinski definition) is 3. The van der Waals surface area contributed by atoms with Gasteiger partial charge in [-0.15, -0.1) is 0 Å². The Morgan fingerprint density at radius 2 is 1.52 bits per heavy atom. The normalized spacial score (nSPS) is 15.2. The van der Waals surface area contributed by atoms with Crippen LogP contribution in [0.5, 0.6) is 5.75 Å². The molecule has 8 heteroatoms. The molecule has 1 fully saturated rings. The molecule has 1 aromatic heterocycles. The summed E-state index contributed by atoms with van der Waals surface area (Å²) in [5, 5.41) is 15.3. The van der Waals surface area contributed by atoms with Gasteiger partial charge in [0.15, 0.2) is 9.84 Å². The maximum absolute atomic E-state index is 12.8. The molecule has 1 aliphatic heterocycles. The van der Waals surface area contributed by atoms with E-state index in [1.807, 2.05) is 24.3 Å². The van der Waals surface area contributed by atoms with E-state index in [1.165, 1.54) is 0 Å². The lowest BCUT2D eigenvalue weighted by Crippen LogP contribution is -2.35. The van der Waals surface area contributed by atoms with E-state index in [4.69, 9.17) is 0 Å². The first-order valence-corrected chi connectivity index (χ1v) is 11.7. The molecule has 160 valence electrons. The molecule has 0 amide bonds. The van der Waals surface area contributed by atoms with Crippen molar-refractivity contribution in [2.24, 2.45) is 0 Å². The second kappa shape index (κ2) is 9.28.